The maximum atomic E-state index is 12.8. The zero-order valence-electron chi connectivity index (χ0n) is 17.3. The molecule has 1 aromatic carbocycles. The van der Waals surface area contributed by atoms with Crippen LogP contribution < -0.4 is 19.5 Å². The standard InChI is InChI=1S/C22H26N2O6/c1-5-10-28-19-9-7-16(12-23-19)24-21(25)22(2)13-29-20(30-14-22)15-6-8-17(26-3)18(11-15)27-4/h5-9,11-12,20H,1,10,13-14H2,2-4H3,(H,24,25). The fraction of sp³-hybridized carbons (Fsp3) is 0.364. The highest BCUT2D eigenvalue weighted by atomic mass is 16.7. The lowest BCUT2D eigenvalue weighted by atomic mass is 9.90. The largest absolute Gasteiger partial charge is 0.493 e. The number of nitrogens with zero attached hydrogens (tertiary/aromatic N) is 1. The van der Waals surface area contributed by atoms with Crippen LogP contribution in [0.4, 0.5) is 5.69 Å². The molecule has 0 unspecified atom stereocenters. The first-order valence-electron chi connectivity index (χ1n) is 9.45. The molecule has 0 aliphatic carbocycles. The van der Waals surface area contributed by atoms with Gasteiger partial charge in [-0.3, -0.25) is 4.79 Å². The van der Waals surface area contributed by atoms with Gasteiger partial charge in [0.05, 0.1) is 44.7 Å². The lowest BCUT2D eigenvalue weighted by Gasteiger charge is -2.36. The number of rotatable bonds is 8. The Labute approximate surface area is 175 Å². The number of hydrogen-bond acceptors (Lipinski definition) is 7. The van der Waals surface area contributed by atoms with E-state index in [0.29, 0.717) is 29.7 Å². The first-order chi connectivity index (χ1) is 14.5. The number of aromatic nitrogens is 1. The first kappa shape index (κ1) is 21.6. The van der Waals surface area contributed by atoms with E-state index in [4.69, 9.17) is 23.7 Å². The number of amides is 1. The van der Waals surface area contributed by atoms with E-state index in [-0.39, 0.29) is 19.1 Å². The summed E-state index contributed by atoms with van der Waals surface area (Å²) >= 11 is 0. The number of ether oxygens (including phenoxy) is 5. The Morgan fingerprint density at radius 2 is 1.97 bits per heavy atom. The van der Waals surface area contributed by atoms with Gasteiger partial charge in [0.15, 0.2) is 17.8 Å². The average Bonchev–Trinajstić information content (AvgIpc) is 2.78. The second kappa shape index (κ2) is 9.60. The van der Waals surface area contributed by atoms with Crippen molar-refractivity contribution in [2.45, 2.75) is 13.2 Å². The number of methoxy groups -OCH3 is 2. The molecule has 1 N–H and O–H groups in total. The number of benzene rings is 1. The molecular weight excluding hydrogens is 388 g/mol. The zero-order chi connectivity index (χ0) is 21.6. The van der Waals surface area contributed by atoms with Gasteiger partial charge in [0.2, 0.25) is 11.8 Å². The highest BCUT2D eigenvalue weighted by Crippen LogP contribution is 2.36. The van der Waals surface area contributed by atoms with Crippen LogP contribution in [0.25, 0.3) is 0 Å². The number of nitrogens with one attached hydrogen (secondary N) is 1. The summed E-state index contributed by atoms with van der Waals surface area (Å²) in [5, 5.41) is 2.85. The van der Waals surface area contributed by atoms with Crippen LogP contribution in [0.3, 0.4) is 0 Å². The predicted octanol–water partition coefficient (Wildman–Crippen LogP) is 3.35. The predicted molar refractivity (Wildman–Crippen MR) is 111 cm³/mol. The molecule has 0 spiro atoms. The Bertz CT molecular complexity index is 876. The minimum Gasteiger partial charge on any atom is -0.493 e. The molecule has 0 bridgehead atoms. The molecule has 30 heavy (non-hydrogen) atoms. The molecule has 2 heterocycles. The van der Waals surface area contributed by atoms with E-state index in [1.807, 2.05) is 6.07 Å². The normalized spacial score (nSPS) is 20.8. The smallest absolute Gasteiger partial charge is 0.235 e. The minimum atomic E-state index is -0.842. The Morgan fingerprint density at radius 1 is 1.23 bits per heavy atom. The lowest BCUT2D eigenvalue weighted by molar-refractivity contribution is -0.226. The van der Waals surface area contributed by atoms with E-state index in [1.54, 1.807) is 51.5 Å². The molecule has 160 valence electrons. The Morgan fingerprint density at radius 3 is 2.57 bits per heavy atom. The van der Waals surface area contributed by atoms with Gasteiger partial charge < -0.3 is 29.0 Å². The van der Waals surface area contributed by atoms with Crippen LogP contribution in [-0.4, -0.2) is 44.9 Å². The first-order valence-corrected chi connectivity index (χ1v) is 9.45. The van der Waals surface area contributed by atoms with Crippen molar-refractivity contribution in [2.75, 3.05) is 39.4 Å². The van der Waals surface area contributed by atoms with Gasteiger partial charge >= 0.3 is 0 Å². The van der Waals surface area contributed by atoms with Crippen LogP contribution in [0.5, 0.6) is 17.4 Å². The van der Waals surface area contributed by atoms with Crippen molar-refractivity contribution in [3.05, 3.63) is 54.7 Å². The van der Waals surface area contributed by atoms with Gasteiger partial charge in [-0.2, -0.15) is 0 Å². The van der Waals surface area contributed by atoms with Gasteiger partial charge in [0.25, 0.3) is 0 Å². The van der Waals surface area contributed by atoms with Crippen molar-refractivity contribution in [3.8, 4) is 17.4 Å². The molecule has 0 atom stereocenters. The van der Waals surface area contributed by atoms with Gasteiger partial charge in [-0.05, 0) is 25.1 Å². The molecule has 0 saturated carbocycles. The zero-order valence-corrected chi connectivity index (χ0v) is 17.3. The molecule has 0 radical (unpaired) electrons. The lowest BCUT2D eigenvalue weighted by Crippen LogP contribution is -2.45. The monoisotopic (exact) mass is 414 g/mol. The summed E-state index contributed by atoms with van der Waals surface area (Å²) in [6, 6.07) is 8.84. The van der Waals surface area contributed by atoms with Crippen molar-refractivity contribution in [1.29, 1.82) is 0 Å². The van der Waals surface area contributed by atoms with Gasteiger partial charge in [0.1, 0.15) is 6.61 Å². The summed E-state index contributed by atoms with van der Waals surface area (Å²) in [7, 11) is 3.14. The third kappa shape index (κ3) is 4.90. The van der Waals surface area contributed by atoms with E-state index in [0.717, 1.165) is 5.56 Å². The fourth-order valence-electron chi connectivity index (χ4n) is 2.90. The van der Waals surface area contributed by atoms with Gasteiger partial charge in [-0.15, -0.1) is 0 Å². The summed E-state index contributed by atoms with van der Waals surface area (Å²) in [6.07, 6.45) is 2.58. The summed E-state index contributed by atoms with van der Waals surface area (Å²) in [6.45, 7) is 6.15. The van der Waals surface area contributed by atoms with Crippen molar-refractivity contribution < 1.29 is 28.5 Å². The molecule has 1 aromatic heterocycles. The number of pyridine rings is 1. The highest BCUT2D eigenvalue weighted by molar-refractivity contribution is 5.95. The molecule has 1 amide bonds. The molecule has 1 saturated heterocycles. The van der Waals surface area contributed by atoms with Crippen LogP contribution in [0.2, 0.25) is 0 Å². The Balaban J connectivity index is 1.60. The minimum absolute atomic E-state index is 0.200. The number of carbonyl (C=O) groups excluding carboxylic acids is 1. The van der Waals surface area contributed by atoms with Crippen LogP contribution in [0, 0.1) is 5.41 Å². The third-order valence-corrected chi connectivity index (χ3v) is 4.68. The highest BCUT2D eigenvalue weighted by Gasteiger charge is 2.40. The SMILES string of the molecule is C=CCOc1ccc(NC(=O)C2(C)COC(c3ccc(OC)c(OC)c3)OC2)cn1. The van der Waals surface area contributed by atoms with Gasteiger partial charge in [0, 0.05) is 11.6 Å². The Hall–Kier alpha value is -3.10. The van der Waals surface area contributed by atoms with E-state index in [2.05, 4.69) is 16.9 Å². The van der Waals surface area contributed by atoms with E-state index in [9.17, 15) is 4.79 Å². The molecule has 8 nitrogen and oxygen atoms in total. The topological polar surface area (TPSA) is 88.1 Å². The van der Waals surface area contributed by atoms with Crippen molar-refractivity contribution in [3.63, 3.8) is 0 Å². The summed E-state index contributed by atoms with van der Waals surface area (Å²) in [4.78, 5) is 16.9. The average molecular weight is 414 g/mol. The number of hydrogen-bond donors (Lipinski definition) is 1. The molecular formula is C22H26N2O6. The van der Waals surface area contributed by atoms with Gasteiger partial charge in [-0.1, -0.05) is 18.7 Å². The maximum absolute atomic E-state index is 12.8. The van der Waals surface area contributed by atoms with Crippen LogP contribution >= 0.6 is 0 Å². The van der Waals surface area contributed by atoms with Crippen molar-refractivity contribution in [1.82, 2.24) is 4.98 Å². The number of anilines is 1. The fourth-order valence-corrected chi connectivity index (χ4v) is 2.90. The van der Waals surface area contributed by atoms with Crippen molar-refractivity contribution in [2.24, 2.45) is 5.41 Å². The molecule has 3 rings (SSSR count). The molecule has 1 aliphatic heterocycles. The molecule has 8 heteroatoms. The summed E-state index contributed by atoms with van der Waals surface area (Å²) in [5.74, 6) is 1.45. The summed E-state index contributed by atoms with van der Waals surface area (Å²) < 4.78 is 27.6. The molecule has 1 fully saturated rings. The maximum Gasteiger partial charge on any atom is 0.235 e. The van der Waals surface area contributed by atoms with E-state index in [1.165, 1.54) is 6.20 Å². The Kier molecular flexibility index (Phi) is 6.91. The molecule has 1 aliphatic rings. The van der Waals surface area contributed by atoms with Crippen LogP contribution in [0.1, 0.15) is 18.8 Å². The van der Waals surface area contributed by atoms with Crippen molar-refractivity contribution >= 4 is 11.6 Å². The molecule has 2 aromatic rings. The summed E-state index contributed by atoms with van der Waals surface area (Å²) in [5.41, 5.74) is 0.508. The number of carbonyl (C=O) groups is 1. The van der Waals surface area contributed by atoms with E-state index >= 15 is 0 Å². The van der Waals surface area contributed by atoms with Gasteiger partial charge in [-0.25, -0.2) is 4.98 Å². The van der Waals surface area contributed by atoms with Crippen LogP contribution in [0.15, 0.2) is 49.2 Å². The second-order valence-corrected chi connectivity index (χ2v) is 7.07. The third-order valence-electron chi connectivity index (χ3n) is 4.68. The second-order valence-electron chi connectivity index (χ2n) is 7.07. The van der Waals surface area contributed by atoms with Crippen LogP contribution in [-0.2, 0) is 14.3 Å². The quantitative estimate of drug-likeness (QED) is 0.663. The van der Waals surface area contributed by atoms with E-state index < -0.39 is 11.7 Å².